The second-order valence-corrected chi connectivity index (χ2v) is 5.74. The second kappa shape index (κ2) is 5.66. The fourth-order valence-electron chi connectivity index (χ4n) is 1.80. The number of nitrogens with one attached hydrogen (secondary N) is 1. The molecule has 3 N–H and O–H groups in total. The van der Waals surface area contributed by atoms with Crippen LogP contribution in [0, 0.1) is 6.92 Å². The Morgan fingerprint density at radius 3 is 2.79 bits per heavy atom. The highest BCUT2D eigenvalue weighted by atomic mass is 32.2. The molecule has 0 spiro atoms. The minimum atomic E-state index is -0.205. The molecule has 0 aliphatic carbocycles. The van der Waals surface area contributed by atoms with Crippen molar-refractivity contribution in [3.8, 4) is 0 Å². The summed E-state index contributed by atoms with van der Waals surface area (Å²) in [6.07, 6.45) is 0. The van der Waals surface area contributed by atoms with Gasteiger partial charge in [0.25, 0.3) is 0 Å². The lowest BCUT2D eigenvalue weighted by Gasteiger charge is -2.13. The topological polar surface area (TPSA) is 89.8 Å². The van der Waals surface area contributed by atoms with E-state index in [1.165, 1.54) is 11.8 Å². The third-order valence-corrected chi connectivity index (χ3v) is 3.94. The van der Waals surface area contributed by atoms with Gasteiger partial charge in [0, 0.05) is 12.6 Å². The third kappa shape index (κ3) is 2.93. The van der Waals surface area contributed by atoms with Crippen LogP contribution in [-0.2, 0) is 0 Å². The number of H-pyrrole nitrogens is 1. The quantitative estimate of drug-likeness (QED) is 0.817. The lowest BCUT2D eigenvalue weighted by Crippen LogP contribution is -2.20. The number of nitrogens with two attached hydrogens (primary N) is 1. The first kappa shape index (κ1) is 14.0. The normalized spacial score (nSPS) is 13.1. The van der Waals surface area contributed by atoms with Gasteiger partial charge in [-0.25, -0.2) is 9.89 Å². The molecule has 2 aromatic rings. The number of nitrogens with zero attached hydrogens (tertiary/aromatic N) is 2. The van der Waals surface area contributed by atoms with Crippen LogP contribution >= 0.6 is 11.8 Å². The number of furan rings is 1. The van der Waals surface area contributed by atoms with Crippen molar-refractivity contribution >= 4 is 11.8 Å². The fraction of sp³-hybridized carbons (Fsp3) is 0.500. The van der Waals surface area contributed by atoms with Crippen molar-refractivity contribution in [2.75, 3.05) is 6.54 Å². The van der Waals surface area contributed by atoms with Crippen molar-refractivity contribution in [2.24, 2.45) is 5.73 Å². The summed E-state index contributed by atoms with van der Waals surface area (Å²) in [6.45, 7) is 6.18. The maximum absolute atomic E-state index is 11.7. The van der Waals surface area contributed by atoms with Crippen molar-refractivity contribution < 1.29 is 4.42 Å². The van der Waals surface area contributed by atoms with E-state index in [1.54, 1.807) is 4.57 Å². The SMILES string of the molecule is Cc1ccc(C(CN)Sc2n[nH]c(=O)n2C(C)C)o1. The van der Waals surface area contributed by atoms with Crippen LogP contribution in [0.5, 0.6) is 0 Å². The minimum absolute atomic E-state index is 0.0468. The molecule has 0 bridgehead atoms. The Balaban J connectivity index is 2.26. The Kier molecular flexibility index (Phi) is 4.16. The van der Waals surface area contributed by atoms with Gasteiger partial charge < -0.3 is 10.2 Å². The highest BCUT2D eigenvalue weighted by Gasteiger charge is 2.20. The summed E-state index contributed by atoms with van der Waals surface area (Å²) >= 11 is 1.43. The average molecular weight is 282 g/mol. The maximum atomic E-state index is 11.7. The zero-order valence-corrected chi connectivity index (χ0v) is 12.0. The predicted octanol–water partition coefficient (Wildman–Crippen LogP) is 1.85. The average Bonchev–Trinajstić information content (AvgIpc) is 2.92. The van der Waals surface area contributed by atoms with E-state index < -0.39 is 0 Å². The Labute approximate surface area is 115 Å². The van der Waals surface area contributed by atoms with Gasteiger partial charge in [-0.15, -0.1) is 5.10 Å². The second-order valence-electron chi connectivity index (χ2n) is 4.57. The molecule has 0 aliphatic rings. The zero-order valence-electron chi connectivity index (χ0n) is 11.2. The predicted molar refractivity (Wildman–Crippen MR) is 74.3 cm³/mol. The number of thioether (sulfide) groups is 1. The number of hydrogen-bond acceptors (Lipinski definition) is 5. The van der Waals surface area contributed by atoms with Crippen LogP contribution in [0.15, 0.2) is 26.5 Å². The van der Waals surface area contributed by atoms with Crippen molar-refractivity contribution in [1.82, 2.24) is 14.8 Å². The summed E-state index contributed by atoms with van der Waals surface area (Å²) in [7, 11) is 0. The summed E-state index contributed by atoms with van der Waals surface area (Å²) in [6, 6.07) is 3.86. The molecule has 7 heteroatoms. The van der Waals surface area contributed by atoms with Gasteiger partial charge in [-0.2, -0.15) is 0 Å². The van der Waals surface area contributed by atoms with Crippen molar-refractivity contribution in [1.29, 1.82) is 0 Å². The maximum Gasteiger partial charge on any atom is 0.344 e. The molecule has 0 saturated heterocycles. The summed E-state index contributed by atoms with van der Waals surface area (Å²) in [5.41, 5.74) is 5.58. The zero-order chi connectivity index (χ0) is 14.0. The summed E-state index contributed by atoms with van der Waals surface area (Å²) in [5, 5.41) is 7.09. The van der Waals surface area contributed by atoms with Gasteiger partial charge in [-0.1, -0.05) is 11.8 Å². The summed E-state index contributed by atoms with van der Waals surface area (Å²) in [5.74, 6) is 1.65. The molecule has 0 amide bonds. The number of aromatic amines is 1. The molecule has 6 nitrogen and oxygen atoms in total. The largest absolute Gasteiger partial charge is 0.465 e. The van der Waals surface area contributed by atoms with E-state index in [4.69, 9.17) is 10.2 Å². The lowest BCUT2D eigenvalue weighted by atomic mass is 10.3. The van der Waals surface area contributed by atoms with Crippen LogP contribution in [0.2, 0.25) is 0 Å². The molecule has 1 atom stereocenters. The lowest BCUT2D eigenvalue weighted by molar-refractivity contribution is 0.479. The summed E-state index contributed by atoms with van der Waals surface area (Å²) in [4.78, 5) is 11.7. The van der Waals surface area contributed by atoms with Gasteiger partial charge in [0.1, 0.15) is 11.5 Å². The van der Waals surface area contributed by atoms with Gasteiger partial charge in [-0.3, -0.25) is 4.57 Å². The number of aryl methyl sites for hydroxylation is 1. The molecule has 2 rings (SSSR count). The Morgan fingerprint density at radius 2 is 2.26 bits per heavy atom. The Morgan fingerprint density at radius 1 is 1.53 bits per heavy atom. The molecule has 0 aromatic carbocycles. The van der Waals surface area contributed by atoms with E-state index in [0.717, 1.165) is 11.5 Å². The first-order chi connectivity index (χ1) is 9.02. The number of rotatable bonds is 5. The van der Waals surface area contributed by atoms with E-state index in [1.807, 2.05) is 32.9 Å². The van der Waals surface area contributed by atoms with E-state index in [0.29, 0.717) is 11.7 Å². The van der Waals surface area contributed by atoms with Crippen LogP contribution in [0.1, 0.15) is 36.7 Å². The molecule has 104 valence electrons. The number of hydrogen-bond donors (Lipinski definition) is 2. The van der Waals surface area contributed by atoms with Crippen LogP contribution in [-0.4, -0.2) is 21.3 Å². The highest BCUT2D eigenvalue weighted by molar-refractivity contribution is 7.99. The smallest absolute Gasteiger partial charge is 0.344 e. The Bertz CT molecular complexity index is 599. The van der Waals surface area contributed by atoms with Crippen LogP contribution in [0.25, 0.3) is 0 Å². The minimum Gasteiger partial charge on any atom is -0.465 e. The monoisotopic (exact) mass is 282 g/mol. The Hall–Kier alpha value is -1.47. The third-order valence-electron chi connectivity index (χ3n) is 2.73. The van der Waals surface area contributed by atoms with Crippen LogP contribution in [0.4, 0.5) is 0 Å². The molecule has 0 radical (unpaired) electrons. The molecule has 0 saturated carbocycles. The molecular weight excluding hydrogens is 264 g/mol. The van der Waals surface area contributed by atoms with Crippen molar-refractivity contribution in [2.45, 2.75) is 37.2 Å². The van der Waals surface area contributed by atoms with Gasteiger partial charge in [0.15, 0.2) is 5.16 Å². The molecular formula is C12H18N4O2S. The molecule has 0 aliphatic heterocycles. The number of aromatic nitrogens is 3. The van der Waals surface area contributed by atoms with Crippen LogP contribution < -0.4 is 11.4 Å². The molecule has 2 heterocycles. The van der Waals surface area contributed by atoms with E-state index in [9.17, 15) is 4.79 Å². The van der Waals surface area contributed by atoms with E-state index >= 15 is 0 Å². The van der Waals surface area contributed by atoms with Crippen molar-refractivity contribution in [3.63, 3.8) is 0 Å². The van der Waals surface area contributed by atoms with Gasteiger partial charge in [0.2, 0.25) is 0 Å². The van der Waals surface area contributed by atoms with Gasteiger partial charge in [0.05, 0.1) is 5.25 Å². The van der Waals surface area contributed by atoms with Crippen molar-refractivity contribution in [3.05, 3.63) is 34.1 Å². The van der Waals surface area contributed by atoms with Gasteiger partial charge in [-0.05, 0) is 32.9 Å². The first-order valence-corrected chi connectivity index (χ1v) is 7.01. The molecule has 2 aromatic heterocycles. The van der Waals surface area contributed by atoms with Gasteiger partial charge >= 0.3 is 5.69 Å². The molecule has 0 fully saturated rings. The standard InChI is InChI=1S/C12H18N4O2S/c1-7(2)16-11(17)14-15-12(16)19-10(6-13)9-5-4-8(3)18-9/h4-5,7,10H,6,13H2,1-3H3,(H,14,17). The van der Waals surface area contributed by atoms with Crippen LogP contribution in [0.3, 0.4) is 0 Å². The van der Waals surface area contributed by atoms with E-state index in [2.05, 4.69) is 10.2 Å². The highest BCUT2D eigenvalue weighted by Crippen LogP contribution is 2.34. The molecule has 19 heavy (non-hydrogen) atoms. The fourth-order valence-corrected chi connectivity index (χ4v) is 2.90. The first-order valence-electron chi connectivity index (χ1n) is 6.13. The van der Waals surface area contributed by atoms with E-state index in [-0.39, 0.29) is 17.0 Å². The molecule has 1 unspecified atom stereocenters. The summed E-state index contributed by atoms with van der Waals surface area (Å²) < 4.78 is 7.20.